The lowest BCUT2D eigenvalue weighted by Gasteiger charge is -2.13. The fourth-order valence-corrected chi connectivity index (χ4v) is 4.23. The number of H-pyrrole nitrogens is 1. The van der Waals surface area contributed by atoms with E-state index in [1.165, 1.54) is 25.2 Å². The SMILES string of the molecule is COc1nc(NS(=O)c2c[nH]c3c(-c4cnn(C)n4)c(Cl)ccc23)nc(OC)c1OC(F)F. The van der Waals surface area contributed by atoms with Crippen LogP contribution in [0.4, 0.5) is 14.7 Å². The van der Waals surface area contributed by atoms with Gasteiger partial charge in [0.05, 0.1) is 35.9 Å². The third-order valence-corrected chi connectivity index (χ3v) is 5.82. The molecule has 0 fully saturated rings. The van der Waals surface area contributed by atoms with Crippen LogP contribution in [0, 0.1) is 0 Å². The average Bonchev–Trinajstić information content (AvgIpc) is 3.40. The molecule has 33 heavy (non-hydrogen) atoms. The Bertz CT molecular complexity index is 1320. The van der Waals surface area contributed by atoms with Crippen molar-refractivity contribution in [2.24, 2.45) is 7.05 Å². The molecule has 0 saturated carbocycles. The van der Waals surface area contributed by atoms with Crippen LogP contribution in [-0.4, -0.2) is 55.0 Å². The molecule has 0 radical (unpaired) electrons. The number of hydrogen-bond donors (Lipinski definition) is 2. The first-order chi connectivity index (χ1) is 15.8. The lowest BCUT2D eigenvalue weighted by molar-refractivity contribution is -0.0533. The Balaban J connectivity index is 1.70. The Hall–Kier alpha value is -3.52. The number of hydrogen-bond acceptors (Lipinski definition) is 8. The number of aromatic nitrogens is 6. The number of fused-ring (bicyclic) bond motifs is 1. The standard InChI is InChI=1S/C18H16ClF2N7O4S/c1-28-23-6-10(26-28)12-9(19)5-4-8-11(7-22-13(8)12)33(29)27-18-24-15(30-2)14(32-17(20)21)16(25-18)31-3/h4-7,17,22H,1-3H3,(H,24,25,27). The molecule has 2 N–H and O–H groups in total. The second-order valence-corrected chi connectivity index (χ2v) is 7.95. The quantitative estimate of drug-likeness (QED) is 0.378. The van der Waals surface area contributed by atoms with Gasteiger partial charge in [-0.15, -0.1) is 0 Å². The third-order valence-electron chi connectivity index (χ3n) is 4.40. The number of methoxy groups -OCH3 is 2. The van der Waals surface area contributed by atoms with E-state index in [1.54, 1.807) is 25.4 Å². The summed E-state index contributed by atoms with van der Waals surface area (Å²) >= 11 is 6.38. The first-order valence-electron chi connectivity index (χ1n) is 9.12. The van der Waals surface area contributed by atoms with Crippen LogP contribution in [-0.2, 0) is 18.0 Å². The van der Waals surface area contributed by atoms with Crippen LogP contribution in [0.2, 0.25) is 5.02 Å². The van der Waals surface area contributed by atoms with Gasteiger partial charge in [-0.3, -0.25) is 4.72 Å². The number of alkyl halides is 2. The molecular weight excluding hydrogens is 484 g/mol. The van der Waals surface area contributed by atoms with Gasteiger partial charge >= 0.3 is 6.61 Å². The third kappa shape index (κ3) is 4.39. The maximum absolute atomic E-state index is 13.1. The van der Waals surface area contributed by atoms with Gasteiger partial charge in [0.1, 0.15) is 5.69 Å². The van der Waals surface area contributed by atoms with Crippen LogP contribution >= 0.6 is 11.6 Å². The van der Waals surface area contributed by atoms with Gasteiger partial charge in [-0.25, -0.2) is 4.21 Å². The van der Waals surface area contributed by atoms with Crippen molar-refractivity contribution in [3.8, 4) is 28.8 Å². The van der Waals surface area contributed by atoms with E-state index in [1.807, 2.05) is 0 Å². The van der Waals surface area contributed by atoms with Crippen molar-refractivity contribution in [2.45, 2.75) is 11.5 Å². The average molecular weight is 500 g/mol. The van der Waals surface area contributed by atoms with Crippen LogP contribution < -0.4 is 18.9 Å². The molecular formula is C18H16ClF2N7O4S. The Kier molecular flexibility index (Phi) is 6.29. The maximum Gasteiger partial charge on any atom is 0.387 e. The predicted molar refractivity (Wildman–Crippen MR) is 115 cm³/mol. The zero-order valence-corrected chi connectivity index (χ0v) is 18.9. The topological polar surface area (TPSA) is 129 Å². The lowest BCUT2D eigenvalue weighted by atomic mass is 10.1. The molecule has 0 aliphatic carbocycles. The smallest absolute Gasteiger partial charge is 0.387 e. The number of ether oxygens (including phenoxy) is 3. The first-order valence-corrected chi connectivity index (χ1v) is 10.6. The van der Waals surface area contributed by atoms with Crippen LogP contribution in [0.3, 0.4) is 0 Å². The summed E-state index contributed by atoms with van der Waals surface area (Å²) in [6.45, 7) is -3.15. The predicted octanol–water partition coefficient (Wildman–Crippen LogP) is 3.16. The maximum atomic E-state index is 13.1. The Labute approximate surface area is 192 Å². The zero-order valence-electron chi connectivity index (χ0n) is 17.3. The molecule has 4 aromatic rings. The second kappa shape index (κ2) is 9.15. The summed E-state index contributed by atoms with van der Waals surface area (Å²) in [5.74, 6) is -1.32. The van der Waals surface area contributed by atoms with E-state index in [9.17, 15) is 13.0 Å². The number of aromatic amines is 1. The fraction of sp³-hybridized carbons (Fsp3) is 0.222. The summed E-state index contributed by atoms with van der Waals surface area (Å²) in [7, 11) is 2.22. The molecule has 4 rings (SSSR count). The summed E-state index contributed by atoms with van der Waals surface area (Å²) < 4.78 is 55.5. The zero-order chi connectivity index (χ0) is 23.7. The van der Waals surface area contributed by atoms with Gasteiger partial charge in [0.25, 0.3) is 11.8 Å². The van der Waals surface area contributed by atoms with Crippen LogP contribution in [0.1, 0.15) is 0 Å². The van der Waals surface area contributed by atoms with E-state index in [-0.39, 0.29) is 17.7 Å². The van der Waals surface area contributed by atoms with Gasteiger partial charge in [-0.1, -0.05) is 17.7 Å². The number of aryl methyl sites for hydroxylation is 1. The number of rotatable bonds is 8. The minimum atomic E-state index is -3.15. The molecule has 3 heterocycles. The van der Waals surface area contributed by atoms with Crippen molar-refractivity contribution < 1.29 is 27.2 Å². The lowest BCUT2D eigenvalue weighted by Crippen LogP contribution is -2.12. The van der Waals surface area contributed by atoms with Gasteiger partial charge < -0.3 is 19.2 Å². The first kappa shape index (κ1) is 22.7. The number of benzene rings is 1. The molecule has 3 aromatic heterocycles. The van der Waals surface area contributed by atoms with Crippen molar-refractivity contribution in [1.29, 1.82) is 0 Å². The molecule has 0 aliphatic rings. The molecule has 0 saturated heterocycles. The molecule has 1 unspecified atom stereocenters. The molecule has 0 aliphatic heterocycles. The summed E-state index contributed by atoms with van der Waals surface area (Å²) in [6, 6.07) is 3.35. The van der Waals surface area contributed by atoms with E-state index in [2.05, 4.69) is 34.6 Å². The second-order valence-electron chi connectivity index (χ2n) is 6.36. The highest BCUT2D eigenvalue weighted by Gasteiger charge is 2.23. The van der Waals surface area contributed by atoms with E-state index in [0.717, 1.165) is 0 Å². The van der Waals surface area contributed by atoms with Gasteiger partial charge in [-0.05, 0) is 6.07 Å². The highest BCUT2D eigenvalue weighted by Crippen LogP contribution is 2.38. The minimum absolute atomic E-state index is 0.193. The molecule has 0 bridgehead atoms. The van der Waals surface area contributed by atoms with Crippen LogP contribution in [0.5, 0.6) is 17.5 Å². The molecule has 0 amide bonds. The normalized spacial score (nSPS) is 12.2. The number of nitrogens with zero attached hydrogens (tertiary/aromatic N) is 5. The monoisotopic (exact) mass is 499 g/mol. The van der Waals surface area contributed by atoms with Crippen LogP contribution in [0.25, 0.3) is 22.2 Å². The molecule has 11 nitrogen and oxygen atoms in total. The summed E-state index contributed by atoms with van der Waals surface area (Å²) in [5, 5.41) is 9.37. The Morgan fingerprint density at radius 3 is 2.48 bits per heavy atom. The van der Waals surface area contributed by atoms with Gasteiger partial charge in [0, 0.05) is 24.2 Å². The van der Waals surface area contributed by atoms with Gasteiger partial charge in [0.15, 0.2) is 11.0 Å². The number of halogens is 3. The molecule has 1 atom stereocenters. The summed E-state index contributed by atoms with van der Waals surface area (Å²) in [4.78, 5) is 12.7. The highest BCUT2D eigenvalue weighted by molar-refractivity contribution is 7.86. The highest BCUT2D eigenvalue weighted by atomic mass is 35.5. The number of anilines is 1. The molecule has 15 heteroatoms. The van der Waals surface area contributed by atoms with Crippen molar-refractivity contribution in [1.82, 2.24) is 29.9 Å². The van der Waals surface area contributed by atoms with Gasteiger partial charge in [0.2, 0.25) is 11.7 Å². The molecule has 0 spiro atoms. The van der Waals surface area contributed by atoms with Crippen molar-refractivity contribution in [3.05, 3.63) is 29.5 Å². The van der Waals surface area contributed by atoms with Crippen molar-refractivity contribution in [3.63, 3.8) is 0 Å². The van der Waals surface area contributed by atoms with Crippen molar-refractivity contribution in [2.75, 3.05) is 18.9 Å². The van der Waals surface area contributed by atoms with E-state index >= 15 is 0 Å². The summed E-state index contributed by atoms with van der Waals surface area (Å²) in [6.07, 6.45) is 3.10. The van der Waals surface area contributed by atoms with Crippen LogP contribution in [0.15, 0.2) is 29.4 Å². The fourth-order valence-electron chi connectivity index (χ4n) is 3.07. The van der Waals surface area contributed by atoms with Gasteiger partial charge in [-0.2, -0.15) is 33.7 Å². The minimum Gasteiger partial charge on any atom is -0.478 e. The largest absolute Gasteiger partial charge is 0.478 e. The number of nitrogens with one attached hydrogen (secondary N) is 2. The molecule has 174 valence electrons. The Morgan fingerprint density at radius 2 is 1.91 bits per heavy atom. The van der Waals surface area contributed by atoms with E-state index in [4.69, 9.17) is 21.1 Å². The molecule has 1 aromatic carbocycles. The Morgan fingerprint density at radius 1 is 1.21 bits per heavy atom. The van der Waals surface area contributed by atoms with Crippen molar-refractivity contribution >= 4 is 39.4 Å². The van der Waals surface area contributed by atoms with E-state index < -0.39 is 23.3 Å². The summed E-state index contributed by atoms with van der Waals surface area (Å²) in [5.41, 5.74) is 1.73. The van der Waals surface area contributed by atoms with E-state index in [0.29, 0.717) is 32.1 Å².